The number of amides is 1. The summed E-state index contributed by atoms with van der Waals surface area (Å²) in [5.74, 6) is -0.371. The van der Waals surface area contributed by atoms with E-state index in [1.807, 2.05) is 6.92 Å². The number of halogens is 2. The highest BCUT2D eigenvalue weighted by molar-refractivity contribution is 6.52. The van der Waals surface area contributed by atoms with Crippen molar-refractivity contribution in [3.63, 3.8) is 0 Å². The van der Waals surface area contributed by atoms with E-state index in [-0.39, 0.29) is 23.3 Å². The molecule has 5 heteroatoms. The van der Waals surface area contributed by atoms with Crippen LogP contribution in [0.4, 0.5) is 0 Å². The van der Waals surface area contributed by atoms with Gasteiger partial charge in [0.05, 0.1) is 12.0 Å². The third-order valence-electron chi connectivity index (χ3n) is 4.09. The molecule has 2 rings (SSSR count). The zero-order valence-electron chi connectivity index (χ0n) is 10.0. The molecule has 17 heavy (non-hydrogen) atoms. The normalized spacial score (nSPS) is 39.8. The molecule has 98 valence electrons. The molecule has 0 aliphatic heterocycles. The van der Waals surface area contributed by atoms with E-state index in [9.17, 15) is 9.90 Å². The quantitative estimate of drug-likeness (QED) is 0.779. The van der Waals surface area contributed by atoms with Crippen LogP contribution in [0.3, 0.4) is 0 Å². The van der Waals surface area contributed by atoms with Gasteiger partial charge in [-0.3, -0.25) is 4.79 Å². The number of hydrogen-bond acceptors (Lipinski definition) is 2. The molecule has 2 fully saturated rings. The Morgan fingerprint density at radius 1 is 1.47 bits per heavy atom. The summed E-state index contributed by atoms with van der Waals surface area (Å²) in [6.45, 7) is 2.53. The van der Waals surface area contributed by atoms with Crippen molar-refractivity contribution in [2.75, 3.05) is 6.54 Å². The zero-order valence-corrected chi connectivity index (χ0v) is 11.5. The molecule has 0 bridgehead atoms. The van der Waals surface area contributed by atoms with Crippen LogP contribution in [0.5, 0.6) is 0 Å². The molecular formula is C12H19Cl2NO2. The molecule has 0 saturated heterocycles. The number of carbonyl (C=O) groups is 1. The highest BCUT2D eigenvalue weighted by Crippen LogP contribution is 2.53. The molecule has 2 aliphatic carbocycles. The minimum absolute atomic E-state index is 0.0889. The molecule has 0 aromatic carbocycles. The first-order chi connectivity index (χ1) is 7.85. The minimum atomic E-state index is -0.865. The van der Waals surface area contributed by atoms with Gasteiger partial charge in [0.25, 0.3) is 0 Å². The van der Waals surface area contributed by atoms with E-state index in [2.05, 4.69) is 5.32 Å². The molecule has 3 nitrogen and oxygen atoms in total. The lowest BCUT2D eigenvalue weighted by atomic mass is 9.73. The van der Waals surface area contributed by atoms with Crippen molar-refractivity contribution < 1.29 is 9.90 Å². The maximum absolute atomic E-state index is 11.8. The summed E-state index contributed by atoms with van der Waals surface area (Å²) in [6, 6.07) is 0. The molecule has 0 aromatic rings. The molecule has 0 aromatic heterocycles. The van der Waals surface area contributed by atoms with Crippen molar-refractivity contribution in [1.29, 1.82) is 0 Å². The highest BCUT2D eigenvalue weighted by atomic mass is 35.5. The van der Waals surface area contributed by atoms with E-state index in [0.717, 1.165) is 25.7 Å². The van der Waals surface area contributed by atoms with Gasteiger partial charge in [0, 0.05) is 12.0 Å². The fourth-order valence-electron chi connectivity index (χ4n) is 2.50. The van der Waals surface area contributed by atoms with Crippen LogP contribution in [0.25, 0.3) is 0 Å². The van der Waals surface area contributed by atoms with E-state index in [0.29, 0.717) is 13.0 Å². The van der Waals surface area contributed by atoms with Crippen LogP contribution in [0.15, 0.2) is 0 Å². The molecule has 2 aliphatic rings. The van der Waals surface area contributed by atoms with Gasteiger partial charge >= 0.3 is 0 Å². The Kier molecular flexibility index (Phi) is 3.64. The smallest absolute Gasteiger partial charge is 0.226 e. The van der Waals surface area contributed by atoms with E-state index in [4.69, 9.17) is 23.2 Å². The number of aliphatic hydroxyl groups excluding tert-OH is 1. The van der Waals surface area contributed by atoms with Crippen molar-refractivity contribution in [2.24, 2.45) is 11.3 Å². The van der Waals surface area contributed by atoms with Crippen LogP contribution in [-0.4, -0.2) is 28.0 Å². The number of alkyl halides is 2. The van der Waals surface area contributed by atoms with Crippen molar-refractivity contribution in [3.8, 4) is 0 Å². The van der Waals surface area contributed by atoms with Crippen LogP contribution in [0.2, 0.25) is 0 Å². The van der Waals surface area contributed by atoms with Gasteiger partial charge in [0.1, 0.15) is 4.33 Å². The summed E-state index contributed by atoms with van der Waals surface area (Å²) in [7, 11) is 0. The molecule has 0 radical (unpaired) electrons. The van der Waals surface area contributed by atoms with Gasteiger partial charge in [-0.15, -0.1) is 23.2 Å². The maximum atomic E-state index is 11.8. The lowest BCUT2D eigenvalue weighted by Crippen LogP contribution is -2.45. The van der Waals surface area contributed by atoms with Crippen molar-refractivity contribution in [3.05, 3.63) is 0 Å². The SMILES string of the molecule is C[C@]1(CNC(=O)[C@H]2CC2(Cl)Cl)CCCC[C@H]1O. The number of carbonyl (C=O) groups excluding carboxylic acids is 1. The molecule has 0 unspecified atom stereocenters. The Labute approximate surface area is 112 Å². The van der Waals surface area contributed by atoms with Crippen LogP contribution in [0.1, 0.15) is 39.0 Å². The average molecular weight is 280 g/mol. The average Bonchev–Trinajstić information content (AvgIpc) is 2.89. The van der Waals surface area contributed by atoms with E-state index < -0.39 is 4.33 Å². The summed E-state index contributed by atoms with van der Waals surface area (Å²) < 4.78 is -0.865. The lowest BCUT2D eigenvalue weighted by molar-refractivity contribution is -0.123. The number of rotatable bonds is 3. The van der Waals surface area contributed by atoms with Gasteiger partial charge in [-0.25, -0.2) is 0 Å². The largest absolute Gasteiger partial charge is 0.392 e. The van der Waals surface area contributed by atoms with Crippen LogP contribution < -0.4 is 5.32 Å². The van der Waals surface area contributed by atoms with Crippen LogP contribution in [0, 0.1) is 11.3 Å². The highest BCUT2D eigenvalue weighted by Gasteiger charge is 2.56. The molecule has 0 spiro atoms. The molecule has 3 atom stereocenters. The fourth-order valence-corrected chi connectivity index (χ4v) is 3.00. The Morgan fingerprint density at radius 3 is 2.65 bits per heavy atom. The Morgan fingerprint density at radius 2 is 2.12 bits per heavy atom. The van der Waals surface area contributed by atoms with Crippen molar-refractivity contribution >= 4 is 29.1 Å². The first-order valence-electron chi connectivity index (χ1n) is 6.19. The first-order valence-corrected chi connectivity index (χ1v) is 6.94. The van der Waals surface area contributed by atoms with Gasteiger partial charge in [-0.2, -0.15) is 0 Å². The second kappa shape index (κ2) is 4.60. The van der Waals surface area contributed by atoms with E-state index >= 15 is 0 Å². The third kappa shape index (κ3) is 2.88. The van der Waals surface area contributed by atoms with Gasteiger partial charge in [-0.1, -0.05) is 19.8 Å². The van der Waals surface area contributed by atoms with Crippen LogP contribution in [-0.2, 0) is 4.79 Å². The monoisotopic (exact) mass is 279 g/mol. The predicted molar refractivity (Wildman–Crippen MR) is 68.1 cm³/mol. The molecule has 0 heterocycles. The zero-order chi connectivity index (χ0) is 12.7. The van der Waals surface area contributed by atoms with Crippen molar-refractivity contribution in [2.45, 2.75) is 49.5 Å². The van der Waals surface area contributed by atoms with Gasteiger partial charge in [0.2, 0.25) is 5.91 Å². The van der Waals surface area contributed by atoms with Gasteiger partial charge in [-0.05, 0) is 19.3 Å². The summed E-state index contributed by atoms with van der Waals surface area (Å²) in [5, 5.41) is 12.9. The second-order valence-electron chi connectivity index (χ2n) is 5.65. The Bertz CT molecular complexity index is 322. The van der Waals surface area contributed by atoms with Gasteiger partial charge in [0.15, 0.2) is 0 Å². The molecule has 2 N–H and O–H groups in total. The predicted octanol–water partition coefficient (Wildman–Crippen LogP) is 2.24. The van der Waals surface area contributed by atoms with Crippen molar-refractivity contribution in [1.82, 2.24) is 5.32 Å². The second-order valence-corrected chi connectivity index (χ2v) is 7.19. The summed E-state index contributed by atoms with van der Waals surface area (Å²) >= 11 is 11.7. The Hall–Kier alpha value is 0.01000. The number of hydrogen-bond donors (Lipinski definition) is 2. The van der Waals surface area contributed by atoms with Crippen LogP contribution >= 0.6 is 23.2 Å². The summed E-state index contributed by atoms with van der Waals surface area (Å²) in [4.78, 5) is 11.8. The van der Waals surface area contributed by atoms with Gasteiger partial charge < -0.3 is 10.4 Å². The molecule has 1 amide bonds. The number of nitrogens with one attached hydrogen (secondary N) is 1. The summed E-state index contributed by atoms with van der Waals surface area (Å²) in [6.07, 6.45) is 4.16. The first kappa shape index (κ1) is 13.4. The fraction of sp³-hybridized carbons (Fsp3) is 0.917. The van der Waals surface area contributed by atoms with E-state index in [1.165, 1.54) is 0 Å². The minimum Gasteiger partial charge on any atom is -0.392 e. The standard InChI is InChI=1S/C12H19Cl2NO2/c1-11(5-3-2-4-9(11)16)7-15-10(17)8-6-12(8,13)14/h8-9,16H,2-7H2,1H3,(H,15,17)/t8-,9-,11-/m1/s1. The topological polar surface area (TPSA) is 49.3 Å². The molecule has 2 saturated carbocycles. The third-order valence-corrected chi connectivity index (χ3v) is 4.92. The summed E-state index contributed by atoms with van der Waals surface area (Å²) in [5.41, 5.74) is -0.204. The molecular weight excluding hydrogens is 261 g/mol. The maximum Gasteiger partial charge on any atom is 0.226 e. The lowest BCUT2D eigenvalue weighted by Gasteiger charge is -2.38. The number of aliphatic hydroxyl groups is 1. The van der Waals surface area contributed by atoms with E-state index in [1.54, 1.807) is 0 Å². The Balaban J connectivity index is 1.83.